The van der Waals surface area contributed by atoms with E-state index < -0.39 is 6.36 Å². The molecule has 1 fully saturated rings. The second-order valence-corrected chi connectivity index (χ2v) is 6.86. The highest BCUT2D eigenvalue weighted by Crippen LogP contribution is 2.41. The number of ether oxygens (including phenoxy) is 2. The van der Waals surface area contributed by atoms with Crippen LogP contribution in [0.2, 0.25) is 0 Å². The van der Waals surface area contributed by atoms with E-state index in [-0.39, 0.29) is 24.0 Å². The molecule has 0 radical (unpaired) electrons. The lowest BCUT2D eigenvalue weighted by Crippen LogP contribution is -2.20. The summed E-state index contributed by atoms with van der Waals surface area (Å²) in [5, 5.41) is 2.74. The van der Waals surface area contributed by atoms with Gasteiger partial charge in [0.05, 0.1) is 11.4 Å². The lowest BCUT2D eigenvalue weighted by Gasteiger charge is -2.10. The Bertz CT molecular complexity index is 1040. The number of hydrogen-bond acceptors (Lipinski definition) is 4. The fourth-order valence-electron chi connectivity index (χ4n) is 3.08. The number of hydrogen-bond donors (Lipinski definition) is 1. The van der Waals surface area contributed by atoms with Gasteiger partial charge in [0.2, 0.25) is 0 Å². The number of halogens is 3. The highest BCUT2D eigenvalue weighted by atomic mass is 19.4. The smallest absolute Gasteiger partial charge is 0.484 e. The number of alkyl halides is 3. The average Bonchev–Trinajstić information content (AvgIpc) is 3.45. The van der Waals surface area contributed by atoms with Gasteiger partial charge >= 0.3 is 6.36 Å². The number of nitrogens with one attached hydrogen (secondary N) is 1. The van der Waals surface area contributed by atoms with Gasteiger partial charge in [0.25, 0.3) is 5.91 Å². The van der Waals surface area contributed by atoms with Crippen molar-refractivity contribution in [3.8, 4) is 11.5 Å². The number of carbonyl (C=O) groups excluding carboxylic acids is 1. The first-order valence-corrected chi connectivity index (χ1v) is 9.05. The molecule has 0 bridgehead atoms. The minimum atomic E-state index is -4.75. The fraction of sp³-hybridized carbons (Fsp3) is 0.300. The van der Waals surface area contributed by atoms with Gasteiger partial charge in [-0.15, -0.1) is 13.2 Å². The number of carbonyl (C=O) groups is 1. The van der Waals surface area contributed by atoms with Crippen molar-refractivity contribution in [1.82, 2.24) is 9.38 Å². The minimum absolute atomic E-state index is 0.254. The standard InChI is InChI=1S/C20H18F3N3O3/c1-12-19(13-2-3-13)25-17-9-4-14(10-26(12)17)24-18(27)11-28-15-5-7-16(8-6-15)29-20(21,22)23/h4-10,13H,2-3,11H2,1H3,(H,24,27). The van der Waals surface area contributed by atoms with Crippen molar-refractivity contribution in [2.24, 2.45) is 0 Å². The molecular formula is C20H18F3N3O3. The van der Waals surface area contributed by atoms with Crippen LogP contribution < -0.4 is 14.8 Å². The predicted molar refractivity (Wildman–Crippen MR) is 99.2 cm³/mol. The number of nitrogens with zero attached hydrogens (tertiary/aromatic N) is 2. The minimum Gasteiger partial charge on any atom is -0.484 e. The quantitative estimate of drug-likeness (QED) is 0.659. The molecule has 0 spiro atoms. The zero-order valence-corrected chi connectivity index (χ0v) is 15.5. The van der Waals surface area contributed by atoms with E-state index in [2.05, 4.69) is 15.0 Å². The van der Waals surface area contributed by atoms with Crippen molar-refractivity contribution in [2.45, 2.75) is 32.0 Å². The van der Waals surface area contributed by atoms with Crippen LogP contribution >= 0.6 is 0 Å². The molecule has 3 aromatic rings. The highest BCUT2D eigenvalue weighted by Gasteiger charge is 2.31. The summed E-state index contributed by atoms with van der Waals surface area (Å²) in [6.07, 6.45) is -0.620. The van der Waals surface area contributed by atoms with E-state index in [1.54, 1.807) is 6.07 Å². The molecule has 2 aromatic heterocycles. The Morgan fingerprint density at radius 1 is 1.17 bits per heavy atom. The van der Waals surface area contributed by atoms with E-state index in [4.69, 9.17) is 4.74 Å². The summed E-state index contributed by atoms with van der Waals surface area (Å²) >= 11 is 0. The molecule has 1 aromatic carbocycles. The van der Waals surface area contributed by atoms with Crippen molar-refractivity contribution < 1.29 is 27.4 Å². The van der Waals surface area contributed by atoms with Crippen LogP contribution in [0, 0.1) is 6.92 Å². The van der Waals surface area contributed by atoms with Crippen LogP contribution in [0.3, 0.4) is 0 Å². The maximum Gasteiger partial charge on any atom is 0.573 e. The number of aryl methyl sites for hydroxylation is 1. The topological polar surface area (TPSA) is 64.9 Å². The normalized spacial score (nSPS) is 14.1. The number of aromatic nitrogens is 2. The van der Waals surface area contributed by atoms with Gasteiger partial charge < -0.3 is 19.2 Å². The van der Waals surface area contributed by atoms with Gasteiger partial charge in [0, 0.05) is 17.8 Å². The van der Waals surface area contributed by atoms with E-state index in [0.29, 0.717) is 11.6 Å². The molecule has 0 atom stereocenters. The van der Waals surface area contributed by atoms with Gasteiger partial charge in [0.15, 0.2) is 6.61 Å². The van der Waals surface area contributed by atoms with Crippen LogP contribution in [0.15, 0.2) is 42.6 Å². The number of anilines is 1. The van der Waals surface area contributed by atoms with Crippen molar-refractivity contribution in [3.05, 3.63) is 54.0 Å². The highest BCUT2D eigenvalue weighted by molar-refractivity contribution is 5.91. The molecule has 0 saturated heterocycles. The third kappa shape index (κ3) is 4.61. The molecule has 1 aliphatic rings. The summed E-state index contributed by atoms with van der Waals surface area (Å²) in [6, 6.07) is 8.44. The van der Waals surface area contributed by atoms with Gasteiger partial charge in [0.1, 0.15) is 17.1 Å². The molecule has 1 saturated carbocycles. The van der Waals surface area contributed by atoms with E-state index in [1.165, 1.54) is 12.1 Å². The van der Waals surface area contributed by atoms with Crippen LogP contribution in [0.25, 0.3) is 5.65 Å². The maximum absolute atomic E-state index is 12.2. The Hall–Kier alpha value is -3.23. The number of pyridine rings is 1. The predicted octanol–water partition coefficient (Wildman–Crippen LogP) is 4.44. The number of imidazole rings is 1. The van der Waals surface area contributed by atoms with E-state index >= 15 is 0 Å². The van der Waals surface area contributed by atoms with Gasteiger partial charge in [-0.1, -0.05) is 0 Å². The van der Waals surface area contributed by atoms with Crippen molar-refractivity contribution >= 4 is 17.2 Å². The van der Waals surface area contributed by atoms with Crippen molar-refractivity contribution in [3.63, 3.8) is 0 Å². The summed E-state index contributed by atoms with van der Waals surface area (Å²) in [6.45, 7) is 1.72. The molecule has 6 nitrogen and oxygen atoms in total. The molecule has 2 heterocycles. The molecule has 0 aliphatic heterocycles. The summed E-state index contributed by atoms with van der Waals surface area (Å²) < 4.78 is 47.5. The molecule has 9 heteroatoms. The number of fused-ring (bicyclic) bond motifs is 1. The van der Waals surface area contributed by atoms with Gasteiger partial charge in [-0.25, -0.2) is 4.98 Å². The summed E-state index contributed by atoms with van der Waals surface area (Å²) in [7, 11) is 0. The SMILES string of the molecule is Cc1c(C2CC2)nc2ccc(NC(=O)COc3ccc(OC(F)(F)F)cc3)cn12. The van der Waals surface area contributed by atoms with E-state index in [1.807, 2.05) is 23.6 Å². The molecule has 0 unspecified atom stereocenters. The number of rotatable bonds is 6. The van der Waals surface area contributed by atoms with E-state index in [0.717, 1.165) is 42.0 Å². The van der Waals surface area contributed by atoms with Crippen LogP contribution in [-0.2, 0) is 4.79 Å². The monoisotopic (exact) mass is 405 g/mol. The van der Waals surface area contributed by atoms with Crippen molar-refractivity contribution in [1.29, 1.82) is 0 Å². The molecule has 1 aliphatic carbocycles. The molecule has 152 valence electrons. The maximum atomic E-state index is 12.2. The Balaban J connectivity index is 1.35. The van der Waals surface area contributed by atoms with Crippen LogP contribution in [0.4, 0.5) is 18.9 Å². The Labute approximate surface area is 164 Å². The molecule has 1 amide bonds. The zero-order valence-electron chi connectivity index (χ0n) is 15.5. The zero-order chi connectivity index (χ0) is 20.6. The molecule has 4 rings (SSSR count). The summed E-state index contributed by atoms with van der Waals surface area (Å²) in [4.78, 5) is 16.8. The average molecular weight is 405 g/mol. The third-order valence-corrected chi connectivity index (χ3v) is 4.57. The number of benzene rings is 1. The molecule has 1 N–H and O–H groups in total. The lowest BCUT2D eigenvalue weighted by molar-refractivity contribution is -0.274. The van der Waals surface area contributed by atoms with Crippen LogP contribution in [0.1, 0.15) is 30.1 Å². The fourth-order valence-corrected chi connectivity index (χ4v) is 3.08. The first-order valence-electron chi connectivity index (χ1n) is 9.05. The largest absolute Gasteiger partial charge is 0.573 e. The Morgan fingerprint density at radius 2 is 1.86 bits per heavy atom. The second kappa shape index (κ2) is 7.31. The Kier molecular flexibility index (Phi) is 4.81. The van der Waals surface area contributed by atoms with Gasteiger partial charge in [-0.2, -0.15) is 0 Å². The van der Waals surface area contributed by atoms with Gasteiger partial charge in [-0.3, -0.25) is 4.79 Å². The number of amides is 1. The first-order chi connectivity index (χ1) is 13.8. The third-order valence-electron chi connectivity index (χ3n) is 4.57. The lowest BCUT2D eigenvalue weighted by atomic mass is 10.2. The summed E-state index contributed by atoms with van der Waals surface area (Å²) in [5.41, 5.74) is 3.61. The first kappa shape index (κ1) is 19.1. The van der Waals surface area contributed by atoms with Gasteiger partial charge in [-0.05, 0) is 56.2 Å². The molecule has 29 heavy (non-hydrogen) atoms. The van der Waals surface area contributed by atoms with Crippen molar-refractivity contribution in [2.75, 3.05) is 11.9 Å². The second-order valence-electron chi connectivity index (χ2n) is 6.86. The molecular weight excluding hydrogens is 387 g/mol. The van der Waals surface area contributed by atoms with Crippen LogP contribution in [-0.4, -0.2) is 28.3 Å². The summed E-state index contributed by atoms with van der Waals surface area (Å²) in [5.74, 6) is 0.0444. The Morgan fingerprint density at radius 3 is 2.52 bits per heavy atom. The van der Waals surface area contributed by atoms with E-state index in [9.17, 15) is 18.0 Å². The van der Waals surface area contributed by atoms with Crippen LogP contribution in [0.5, 0.6) is 11.5 Å².